The van der Waals surface area contributed by atoms with E-state index in [1.54, 1.807) is 0 Å². The van der Waals surface area contributed by atoms with E-state index in [0.717, 1.165) is 16.5 Å². The van der Waals surface area contributed by atoms with Crippen molar-refractivity contribution in [3.05, 3.63) is 35.5 Å². The van der Waals surface area contributed by atoms with Crippen molar-refractivity contribution in [3.63, 3.8) is 0 Å². The molecule has 1 atom stereocenters. The van der Waals surface area contributed by atoms with Crippen molar-refractivity contribution in [2.24, 2.45) is 5.73 Å². The van der Waals surface area contributed by atoms with E-state index in [0.29, 0.717) is 12.1 Å². The van der Waals surface area contributed by atoms with Crippen molar-refractivity contribution >= 4 is 16.9 Å². The number of nitrogens with one attached hydrogen (secondary N) is 1. The molecule has 1 unspecified atom stereocenters. The number of fused-ring (bicyclic) bond motifs is 1. The number of methoxy groups -OCH3 is 1. The second-order valence-electron chi connectivity index (χ2n) is 4.16. The molecule has 5 nitrogen and oxygen atoms in total. The number of aliphatic hydroxyl groups is 1. The summed E-state index contributed by atoms with van der Waals surface area (Å²) in [4.78, 5) is 14.7. The molecule has 18 heavy (non-hydrogen) atoms. The summed E-state index contributed by atoms with van der Waals surface area (Å²) in [5, 5.41) is 9.97. The Morgan fingerprint density at radius 2 is 2.22 bits per heavy atom. The minimum atomic E-state index is -0.425. The molecule has 0 saturated heterocycles. The molecule has 0 aliphatic heterocycles. The van der Waals surface area contributed by atoms with Gasteiger partial charge in [-0.2, -0.15) is 0 Å². The summed E-state index contributed by atoms with van der Waals surface area (Å²) in [6.45, 7) is -0.125. The lowest BCUT2D eigenvalue weighted by Crippen LogP contribution is -2.27. The van der Waals surface area contributed by atoms with Crippen LogP contribution in [0.3, 0.4) is 0 Å². The lowest BCUT2D eigenvalue weighted by Gasteiger charge is -2.08. The maximum atomic E-state index is 11.7. The van der Waals surface area contributed by atoms with Gasteiger partial charge in [0, 0.05) is 16.9 Å². The lowest BCUT2D eigenvalue weighted by atomic mass is 10.0. The van der Waals surface area contributed by atoms with E-state index in [4.69, 9.17) is 15.6 Å². The molecule has 0 aliphatic carbocycles. The van der Waals surface area contributed by atoms with Crippen molar-refractivity contribution in [3.8, 4) is 0 Å². The second-order valence-corrected chi connectivity index (χ2v) is 4.16. The number of esters is 1. The van der Waals surface area contributed by atoms with E-state index in [1.165, 1.54) is 7.11 Å². The Morgan fingerprint density at radius 3 is 2.89 bits per heavy atom. The lowest BCUT2D eigenvalue weighted by molar-refractivity contribution is 0.0593. The van der Waals surface area contributed by atoms with Crippen molar-refractivity contribution in [2.45, 2.75) is 12.5 Å². The number of aliphatic hydroxyl groups excluding tert-OH is 1. The number of ether oxygens (including phenoxy) is 1. The molecular formula is C13H16N2O3. The average Bonchev–Trinajstić information content (AvgIpc) is 2.77. The molecule has 96 valence electrons. The molecule has 4 N–H and O–H groups in total. The van der Waals surface area contributed by atoms with Gasteiger partial charge >= 0.3 is 5.97 Å². The third-order valence-corrected chi connectivity index (χ3v) is 2.90. The molecule has 0 radical (unpaired) electrons. The van der Waals surface area contributed by atoms with Gasteiger partial charge < -0.3 is 20.6 Å². The number of aromatic amines is 1. The van der Waals surface area contributed by atoms with Crippen LogP contribution in [0.5, 0.6) is 0 Å². The summed E-state index contributed by atoms with van der Waals surface area (Å²) in [6.07, 6.45) is 0.422. The van der Waals surface area contributed by atoms with Crippen LogP contribution in [0.1, 0.15) is 16.1 Å². The van der Waals surface area contributed by atoms with Crippen molar-refractivity contribution in [1.29, 1.82) is 0 Å². The van der Waals surface area contributed by atoms with E-state index in [1.807, 2.05) is 24.3 Å². The van der Waals surface area contributed by atoms with Crippen LogP contribution in [0, 0.1) is 0 Å². The number of rotatable bonds is 4. The van der Waals surface area contributed by atoms with Crippen LogP contribution in [-0.2, 0) is 11.2 Å². The molecule has 2 rings (SSSR count). The fourth-order valence-electron chi connectivity index (χ4n) is 2.02. The Kier molecular flexibility index (Phi) is 3.64. The van der Waals surface area contributed by atoms with Gasteiger partial charge in [-0.05, 0) is 18.1 Å². The fourth-order valence-corrected chi connectivity index (χ4v) is 2.02. The zero-order valence-corrected chi connectivity index (χ0v) is 10.1. The molecule has 2 aromatic rings. The van der Waals surface area contributed by atoms with Gasteiger partial charge in [-0.1, -0.05) is 18.2 Å². The number of carbonyl (C=O) groups is 1. The van der Waals surface area contributed by atoms with Gasteiger partial charge in [0.2, 0.25) is 0 Å². The molecule has 0 fully saturated rings. The average molecular weight is 248 g/mol. The Labute approximate surface area is 105 Å². The standard InChI is InChI=1S/C13H16N2O3/c1-18-13(17)12-10(6-8(14)7-16)9-4-2-3-5-11(9)15-12/h2-5,8,15-16H,6-7,14H2,1H3. The largest absolute Gasteiger partial charge is 0.464 e. The molecule has 5 heteroatoms. The first-order valence-electron chi connectivity index (χ1n) is 5.71. The van der Waals surface area contributed by atoms with E-state index in [9.17, 15) is 4.79 Å². The smallest absolute Gasteiger partial charge is 0.354 e. The number of carbonyl (C=O) groups excluding carboxylic acids is 1. The van der Waals surface area contributed by atoms with Gasteiger partial charge in [0.1, 0.15) is 5.69 Å². The van der Waals surface area contributed by atoms with Gasteiger partial charge in [-0.25, -0.2) is 4.79 Å². The van der Waals surface area contributed by atoms with Crippen molar-refractivity contribution < 1.29 is 14.6 Å². The van der Waals surface area contributed by atoms with Crippen LogP contribution < -0.4 is 5.73 Å². The number of aromatic nitrogens is 1. The Hall–Kier alpha value is -1.85. The van der Waals surface area contributed by atoms with E-state index >= 15 is 0 Å². The third kappa shape index (κ3) is 2.23. The molecule has 0 aliphatic rings. The first-order chi connectivity index (χ1) is 8.67. The highest BCUT2D eigenvalue weighted by Crippen LogP contribution is 2.24. The predicted molar refractivity (Wildman–Crippen MR) is 68.4 cm³/mol. The number of hydrogen-bond donors (Lipinski definition) is 3. The zero-order valence-electron chi connectivity index (χ0n) is 10.1. The molecular weight excluding hydrogens is 232 g/mol. The predicted octanol–water partition coefficient (Wildman–Crippen LogP) is 0.817. The minimum absolute atomic E-state index is 0.125. The molecule has 0 bridgehead atoms. The molecule has 0 saturated carbocycles. The van der Waals surface area contributed by atoms with Gasteiger partial charge in [0.25, 0.3) is 0 Å². The van der Waals surface area contributed by atoms with Crippen LogP contribution >= 0.6 is 0 Å². The summed E-state index contributed by atoms with van der Waals surface area (Å²) in [6, 6.07) is 7.18. The first kappa shape index (κ1) is 12.6. The van der Waals surface area contributed by atoms with Crippen molar-refractivity contribution in [1.82, 2.24) is 4.98 Å². The van der Waals surface area contributed by atoms with Crippen LogP contribution in [0.2, 0.25) is 0 Å². The minimum Gasteiger partial charge on any atom is -0.464 e. The van der Waals surface area contributed by atoms with E-state index < -0.39 is 12.0 Å². The van der Waals surface area contributed by atoms with Crippen molar-refractivity contribution in [2.75, 3.05) is 13.7 Å². The number of nitrogens with two attached hydrogens (primary N) is 1. The van der Waals surface area contributed by atoms with E-state index in [-0.39, 0.29) is 6.61 Å². The van der Waals surface area contributed by atoms with E-state index in [2.05, 4.69) is 4.98 Å². The normalized spacial score (nSPS) is 12.6. The highest BCUT2D eigenvalue weighted by atomic mass is 16.5. The maximum absolute atomic E-state index is 11.7. The summed E-state index contributed by atoms with van der Waals surface area (Å²) >= 11 is 0. The summed E-state index contributed by atoms with van der Waals surface area (Å²) in [7, 11) is 1.34. The van der Waals surface area contributed by atoms with Crippen LogP contribution in [-0.4, -0.2) is 35.8 Å². The summed E-state index contributed by atoms with van der Waals surface area (Å²) in [5.41, 5.74) is 7.80. The highest BCUT2D eigenvalue weighted by Gasteiger charge is 2.19. The van der Waals surface area contributed by atoms with Gasteiger partial charge in [0.05, 0.1) is 13.7 Å². The van der Waals surface area contributed by atoms with Crippen LogP contribution in [0.25, 0.3) is 10.9 Å². The van der Waals surface area contributed by atoms with Gasteiger partial charge in [-0.15, -0.1) is 0 Å². The summed E-state index contributed by atoms with van der Waals surface area (Å²) in [5.74, 6) is -0.425. The quantitative estimate of drug-likeness (QED) is 0.699. The number of H-pyrrole nitrogens is 1. The molecule has 1 aromatic heterocycles. The third-order valence-electron chi connectivity index (χ3n) is 2.90. The SMILES string of the molecule is COC(=O)c1[nH]c2ccccc2c1CC(N)CO. The summed E-state index contributed by atoms with van der Waals surface area (Å²) < 4.78 is 4.75. The Balaban J connectivity index is 2.54. The fraction of sp³-hybridized carbons (Fsp3) is 0.308. The number of hydrogen-bond acceptors (Lipinski definition) is 4. The highest BCUT2D eigenvalue weighted by molar-refractivity contribution is 5.98. The van der Waals surface area contributed by atoms with Crippen LogP contribution in [0.15, 0.2) is 24.3 Å². The van der Waals surface area contributed by atoms with Gasteiger partial charge in [0.15, 0.2) is 0 Å². The Morgan fingerprint density at radius 1 is 1.50 bits per heavy atom. The Bertz CT molecular complexity index is 562. The maximum Gasteiger partial charge on any atom is 0.354 e. The zero-order chi connectivity index (χ0) is 13.1. The van der Waals surface area contributed by atoms with Crippen LogP contribution in [0.4, 0.5) is 0 Å². The number of benzene rings is 1. The molecule has 1 heterocycles. The monoisotopic (exact) mass is 248 g/mol. The molecule has 0 amide bonds. The van der Waals surface area contributed by atoms with Gasteiger partial charge in [-0.3, -0.25) is 0 Å². The first-order valence-corrected chi connectivity index (χ1v) is 5.71. The molecule has 0 spiro atoms. The number of para-hydroxylation sites is 1. The second kappa shape index (κ2) is 5.20. The molecule has 1 aromatic carbocycles. The topological polar surface area (TPSA) is 88.3 Å².